The first-order chi connectivity index (χ1) is 17.7. The van der Waals surface area contributed by atoms with E-state index in [2.05, 4.69) is 31.4 Å². The number of hydrogen-bond donors (Lipinski definition) is 1. The van der Waals surface area contributed by atoms with Crippen molar-refractivity contribution in [1.82, 2.24) is 14.8 Å². The van der Waals surface area contributed by atoms with Gasteiger partial charge in [-0.3, -0.25) is 9.36 Å². The third kappa shape index (κ3) is 5.67. The van der Waals surface area contributed by atoms with Crippen molar-refractivity contribution in [2.45, 2.75) is 5.16 Å². The van der Waals surface area contributed by atoms with E-state index in [9.17, 15) is 4.79 Å². The van der Waals surface area contributed by atoms with Crippen molar-refractivity contribution in [3.8, 4) is 28.6 Å². The molecule has 1 N–H and O–H groups in total. The number of nitrogens with one attached hydrogen (secondary N) is 1. The second-order valence-electron chi connectivity index (χ2n) is 7.73. The van der Waals surface area contributed by atoms with Crippen LogP contribution in [-0.4, -0.2) is 26.4 Å². The molecule has 0 aliphatic carbocycles. The number of benzene rings is 4. The molecule has 0 unspecified atom stereocenters. The number of aromatic nitrogens is 3. The fraction of sp³-hybridized carbons (Fsp3) is 0.0357. The van der Waals surface area contributed by atoms with Crippen molar-refractivity contribution in [3.63, 3.8) is 0 Å². The van der Waals surface area contributed by atoms with Crippen LogP contribution in [0.1, 0.15) is 0 Å². The maximum atomic E-state index is 12.7. The lowest BCUT2D eigenvalue weighted by molar-refractivity contribution is -0.113. The molecule has 0 radical (unpaired) electrons. The first-order valence-electron chi connectivity index (χ1n) is 11.2. The number of hydrogen-bond acceptors (Lipinski definition) is 5. The molecule has 5 rings (SSSR count). The van der Waals surface area contributed by atoms with Gasteiger partial charge in [0.15, 0.2) is 11.0 Å². The predicted molar refractivity (Wildman–Crippen MR) is 147 cm³/mol. The first kappa shape index (κ1) is 23.8. The molecular weight excluding hydrogens is 536 g/mol. The van der Waals surface area contributed by atoms with Gasteiger partial charge >= 0.3 is 0 Å². The summed E-state index contributed by atoms with van der Waals surface area (Å²) < 4.78 is 8.69. The van der Waals surface area contributed by atoms with Crippen molar-refractivity contribution in [2.24, 2.45) is 0 Å². The van der Waals surface area contributed by atoms with Gasteiger partial charge in [-0.05, 0) is 54.6 Å². The average molecular weight is 557 g/mol. The zero-order valence-corrected chi connectivity index (χ0v) is 21.4. The Hall–Kier alpha value is -3.88. The molecule has 36 heavy (non-hydrogen) atoms. The monoisotopic (exact) mass is 556 g/mol. The topological polar surface area (TPSA) is 69.0 Å². The minimum absolute atomic E-state index is 0.137. The van der Waals surface area contributed by atoms with Crippen molar-refractivity contribution in [1.29, 1.82) is 0 Å². The number of halogens is 1. The lowest BCUT2D eigenvalue weighted by Crippen LogP contribution is -2.14. The summed E-state index contributed by atoms with van der Waals surface area (Å²) >= 11 is 4.94. The fourth-order valence-electron chi connectivity index (χ4n) is 3.55. The summed E-state index contributed by atoms with van der Waals surface area (Å²) in [5.41, 5.74) is 2.53. The normalized spacial score (nSPS) is 10.7. The van der Waals surface area contributed by atoms with Gasteiger partial charge in [0.1, 0.15) is 11.5 Å². The van der Waals surface area contributed by atoms with Crippen LogP contribution in [0.15, 0.2) is 119 Å². The van der Waals surface area contributed by atoms with Gasteiger partial charge < -0.3 is 10.1 Å². The van der Waals surface area contributed by atoms with E-state index in [1.165, 1.54) is 11.8 Å². The van der Waals surface area contributed by atoms with Gasteiger partial charge in [0.25, 0.3) is 0 Å². The summed E-state index contributed by atoms with van der Waals surface area (Å²) in [5, 5.41) is 12.4. The van der Waals surface area contributed by atoms with E-state index in [-0.39, 0.29) is 11.7 Å². The molecule has 0 bridgehead atoms. The highest BCUT2D eigenvalue weighted by Gasteiger charge is 2.18. The molecule has 5 aromatic rings. The molecule has 0 atom stereocenters. The van der Waals surface area contributed by atoms with E-state index in [1.54, 1.807) is 0 Å². The number of ether oxygens (including phenoxy) is 1. The maximum absolute atomic E-state index is 12.7. The largest absolute Gasteiger partial charge is 0.457 e. The van der Waals surface area contributed by atoms with Crippen LogP contribution in [0.3, 0.4) is 0 Å². The molecule has 178 valence electrons. The molecule has 8 heteroatoms. The highest BCUT2D eigenvalue weighted by molar-refractivity contribution is 9.10. The summed E-state index contributed by atoms with van der Waals surface area (Å²) in [7, 11) is 0. The second-order valence-corrected chi connectivity index (χ2v) is 9.53. The molecule has 0 saturated carbocycles. The van der Waals surface area contributed by atoms with E-state index in [4.69, 9.17) is 4.74 Å². The standard InChI is InChI=1S/C28H21BrN4O2S/c29-25-14-8-7-13-24(25)27-31-32-28(33(27)21-9-3-1-4-10-21)36-19-26(34)30-20-15-17-23(18-16-20)35-22-11-5-2-6-12-22/h1-18H,19H2,(H,30,34). The third-order valence-corrected chi connectivity index (χ3v) is 6.83. The number of amides is 1. The van der Waals surface area contributed by atoms with Gasteiger partial charge in [-0.25, -0.2) is 0 Å². The molecule has 4 aromatic carbocycles. The van der Waals surface area contributed by atoms with Crippen molar-refractivity contribution >= 4 is 39.3 Å². The Morgan fingerprint density at radius 1 is 0.806 bits per heavy atom. The molecule has 1 heterocycles. The van der Waals surface area contributed by atoms with Crippen LogP contribution in [0.25, 0.3) is 17.1 Å². The number of nitrogens with zero attached hydrogens (tertiary/aromatic N) is 3. The van der Waals surface area contributed by atoms with Crippen LogP contribution in [0, 0.1) is 0 Å². The maximum Gasteiger partial charge on any atom is 0.234 e. The van der Waals surface area contributed by atoms with Gasteiger partial charge in [-0.1, -0.05) is 82.3 Å². The average Bonchev–Trinajstić information content (AvgIpc) is 3.34. The van der Waals surface area contributed by atoms with Crippen LogP contribution in [0.4, 0.5) is 5.69 Å². The molecule has 0 aliphatic rings. The van der Waals surface area contributed by atoms with E-state index in [1.807, 2.05) is 114 Å². The number of carbonyl (C=O) groups excluding carboxylic acids is 1. The summed E-state index contributed by atoms with van der Waals surface area (Å²) in [5.74, 6) is 2.20. The Labute approximate surface area is 221 Å². The lowest BCUT2D eigenvalue weighted by Gasteiger charge is -2.11. The summed E-state index contributed by atoms with van der Waals surface area (Å²) in [6.45, 7) is 0. The zero-order chi connectivity index (χ0) is 24.7. The molecule has 1 amide bonds. The van der Waals surface area contributed by atoms with Gasteiger partial charge in [-0.15, -0.1) is 10.2 Å². The van der Waals surface area contributed by atoms with Crippen LogP contribution in [0.5, 0.6) is 11.5 Å². The molecule has 0 spiro atoms. The number of rotatable bonds is 8. The highest BCUT2D eigenvalue weighted by atomic mass is 79.9. The second kappa shape index (κ2) is 11.2. The molecular formula is C28H21BrN4O2S. The molecule has 0 saturated heterocycles. The van der Waals surface area contributed by atoms with Crippen molar-refractivity contribution in [3.05, 3.63) is 114 Å². The van der Waals surface area contributed by atoms with Crippen LogP contribution >= 0.6 is 27.7 Å². The Morgan fingerprint density at radius 3 is 2.17 bits per heavy atom. The Balaban J connectivity index is 1.28. The smallest absolute Gasteiger partial charge is 0.234 e. The summed E-state index contributed by atoms with van der Waals surface area (Å²) in [6, 6.07) is 34.6. The molecule has 1 aromatic heterocycles. The highest BCUT2D eigenvalue weighted by Crippen LogP contribution is 2.32. The van der Waals surface area contributed by atoms with Gasteiger partial charge in [0.05, 0.1) is 5.75 Å². The van der Waals surface area contributed by atoms with Gasteiger partial charge in [0.2, 0.25) is 5.91 Å². The van der Waals surface area contributed by atoms with Crippen LogP contribution < -0.4 is 10.1 Å². The minimum atomic E-state index is -0.137. The number of anilines is 1. The fourth-order valence-corrected chi connectivity index (χ4v) is 4.76. The van der Waals surface area contributed by atoms with E-state index >= 15 is 0 Å². The molecule has 6 nitrogen and oxygen atoms in total. The van der Waals surface area contributed by atoms with Crippen molar-refractivity contribution < 1.29 is 9.53 Å². The van der Waals surface area contributed by atoms with Crippen LogP contribution in [0.2, 0.25) is 0 Å². The Kier molecular flexibility index (Phi) is 7.44. The number of carbonyl (C=O) groups is 1. The summed E-state index contributed by atoms with van der Waals surface area (Å²) in [6.07, 6.45) is 0. The van der Waals surface area contributed by atoms with Crippen molar-refractivity contribution in [2.75, 3.05) is 11.1 Å². The molecule has 0 fully saturated rings. The Bertz CT molecular complexity index is 1460. The quantitative estimate of drug-likeness (QED) is 0.204. The van der Waals surface area contributed by atoms with E-state index < -0.39 is 0 Å². The van der Waals surface area contributed by atoms with Gasteiger partial charge in [-0.2, -0.15) is 0 Å². The Morgan fingerprint density at radius 2 is 1.44 bits per heavy atom. The minimum Gasteiger partial charge on any atom is -0.457 e. The predicted octanol–water partition coefficient (Wildman–Crippen LogP) is 7.22. The van der Waals surface area contributed by atoms with E-state index in [0.717, 1.165) is 21.5 Å². The SMILES string of the molecule is O=C(CSc1nnc(-c2ccccc2Br)n1-c1ccccc1)Nc1ccc(Oc2ccccc2)cc1. The molecule has 0 aliphatic heterocycles. The van der Waals surface area contributed by atoms with E-state index in [0.29, 0.717) is 22.4 Å². The number of para-hydroxylation sites is 2. The first-order valence-corrected chi connectivity index (χ1v) is 13.0. The lowest BCUT2D eigenvalue weighted by atomic mass is 10.2. The number of thioether (sulfide) groups is 1. The van der Waals surface area contributed by atoms with Gasteiger partial charge in [0, 0.05) is 21.4 Å². The zero-order valence-electron chi connectivity index (χ0n) is 19.0. The summed E-state index contributed by atoms with van der Waals surface area (Å²) in [4.78, 5) is 12.7. The van der Waals surface area contributed by atoms with Crippen LogP contribution in [-0.2, 0) is 4.79 Å². The third-order valence-electron chi connectivity index (χ3n) is 5.21.